The molecule has 1 aliphatic carbocycles. The number of benzene rings is 1. The molecule has 116 valence electrons. The van der Waals surface area contributed by atoms with E-state index in [9.17, 15) is 0 Å². The zero-order chi connectivity index (χ0) is 16.7. The van der Waals surface area contributed by atoms with Crippen molar-refractivity contribution in [3.8, 4) is 12.1 Å². The molecule has 0 aromatic heterocycles. The number of aliphatic hydroxyl groups excluding tert-OH is 1. The summed E-state index contributed by atoms with van der Waals surface area (Å²) in [6, 6.07) is 12.1. The third kappa shape index (κ3) is 4.10. The van der Waals surface area contributed by atoms with E-state index in [1.54, 1.807) is 0 Å². The highest BCUT2D eigenvalue weighted by Gasteiger charge is 2.22. The number of rotatable bonds is 5. The van der Waals surface area contributed by atoms with Gasteiger partial charge < -0.3 is 10.0 Å². The highest BCUT2D eigenvalue weighted by atomic mass is 16.3. The van der Waals surface area contributed by atoms with Gasteiger partial charge >= 0.3 is 0 Å². The smallest absolute Gasteiger partial charge is 0.143 e. The van der Waals surface area contributed by atoms with Gasteiger partial charge in [0.1, 0.15) is 5.92 Å². The van der Waals surface area contributed by atoms with E-state index >= 15 is 0 Å². The van der Waals surface area contributed by atoms with Crippen LogP contribution >= 0.6 is 0 Å². The summed E-state index contributed by atoms with van der Waals surface area (Å²) in [6.45, 7) is 0.701. The molecule has 2 rings (SSSR count). The SMILES string of the molecule is CN(CCO)c1ccc(C=C2C=CC=CC2C(C#N)C#N)cc1. The highest BCUT2D eigenvalue weighted by molar-refractivity contribution is 5.62. The first kappa shape index (κ1) is 16.5. The number of anilines is 1. The number of likely N-dealkylation sites (N-methyl/N-ethyl adjacent to an activating group) is 1. The van der Waals surface area contributed by atoms with Crippen LogP contribution in [0, 0.1) is 34.5 Å². The van der Waals surface area contributed by atoms with Crippen LogP contribution in [0.3, 0.4) is 0 Å². The Hall–Kier alpha value is -2.82. The Morgan fingerprint density at radius 3 is 2.52 bits per heavy atom. The van der Waals surface area contributed by atoms with Gasteiger partial charge in [0.2, 0.25) is 0 Å². The Kier molecular flexibility index (Phi) is 5.74. The first-order chi connectivity index (χ1) is 11.2. The second-order valence-electron chi connectivity index (χ2n) is 5.39. The Morgan fingerprint density at radius 1 is 1.22 bits per heavy atom. The minimum absolute atomic E-state index is 0.116. The minimum Gasteiger partial charge on any atom is -0.395 e. The maximum absolute atomic E-state index is 9.13. The van der Waals surface area contributed by atoms with Crippen molar-refractivity contribution in [1.29, 1.82) is 10.5 Å². The van der Waals surface area contributed by atoms with Crippen LogP contribution in [0.2, 0.25) is 0 Å². The van der Waals surface area contributed by atoms with Crippen molar-refractivity contribution in [2.24, 2.45) is 11.8 Å². The van der Waals surface area contributed by atoms with Crippen LogP contribution in [0.15, 0.2) is 54.1 Å². The average molecular weight is 305 g/mol. The third-order valence-corrected chi connectivity index (χ3v) is 3.84. The van der Waals surface area contributed by atoms with Gasteiger partial charge in [-0.1, -0.05) is 42.5 Å². The fraction of sp³-hybridized carbons (Fsp3) is 0.263. The predicted molar refractivity (Wildman–Crippen MR) is 91.3 cm³/mol. The summed E-state index contributed by atoms with van der Waals surface area (Å²) in [5.74, 6) is -0.885. The zero-order valence-electron chi connectivity index (χ0n) is 13.1. The third-order valence-electron chi connectivity index (χ3n) is 3.84. The molecule has 1 aliphatic rings. The van der Waals surface area contributed by atoms with E-state index in [1.807, 2.05) is 66.6 Å². The highest BCUT2D eigenvalue weighted by Crippen LogP contribution is 2.28. The lowest BCUT2D eigenvalue weighted by molar-refractivity contribution is 0.304. The van der Waals surface area contributed by atoms with E-state index in [0.29, 0.717) is 6.54 Å². The van der Waals surface area contributed by atoms with E-state index < -0.39 is 5.92 Å². The van der Waals surface area contributed by atoms with Crippen molar-refractivity contribution < 1.29 is 5.11 Å². The summed E-state index contributed by atoms with van der Waals surface area (Å²) in [7, 11) is 1.93. The molecule has 1 unspecified atom stereocenters. The second kappa shape index (κ2) is 7.98. The summed E-state index contributed by atoms with van der Waals surface area (Å²) in [4.78, 5) is 1.98. The first-order valence-electron chi connectivity index (χ1n) is 7.47. The van der Waals surface area contributed by atoms with Crippen molar-refractivity contribution in [2.45, 2.75) is 0 Å². The fourth-order valence-electron chi connectivity index (χ4n) is 2.51. The Labute approximate surface area is 136 Å². The normalized spacial score (nSPS) is 18.0. The standard InChI is InChI=1S/C19H19N3O/c1-22(10-11-23)18-8-6-15(7-9-18)12-16-4-2-3-5-19(16)17(13-20)14-21/h2-9,12,17,19,23H,10-11H2,1H3. The zero-order valence-corrected chi connectivity index (χ0v) is 13.1. The van der Waals surface area contributed by atoms with Gasteiger partial charge in [0.15, 0.2) is 0 Å². The van der Waals surface area contributed by atoms with Gasteiger partial charge in [-0.3, -0.25) is 0 Å². The van der Waals surface area contributed by atoms with Gasteiger partial charge in [-0.05, 0) is 23.3 Å². The number of aliphatic hydroxyl groups is 1. The average Bonchev–Trinajstić information content (AvgIpc) is 2.58. The molecule has 0 saturated carbocycles. The van der Waals surface area contributed by atoms with Crippen LogP contribution in [0.25, 0.3) is 6.08 Å². The quantitative estimate of drug-likeness (QED) is 0.908. The molecular weight excluding hydrogens is 286 g/mol. The second-order valence-corrected chi connectivity index (χ2v) is 5.39. The Balaban J connectivity index is 2.23. The molecule has 0 spiro atoms. The molecule has 23 heavy (non-hydrogen) atoms. The lowest BCUT2D eigenvalue weighted by Gasteiger charge is -2.19. The topological polar surface area (TPSA) is 71.0 Å². The Bertz CT molecular complexity index is 688. The number of hydrogen-bond acceptors (Lipinski definition) is 4. The fourth-order valence-corrected chi connectivity index (χ4v) is 2.51. The van der Waals surface area contributed by atoms with Gasteiger partial charge in [-0.25, -0.2) is 0 Å². The minimum atomic E-state index is -0.683. The van der Waals surface area contributed by atoms with Crippen LogP contribution in [-0.2, 0) is 0 Å². The molecule has 0 saturated heterocycles. The summed E-state index contributed by atoms with van der Waals surface area (Å²) in [5.41, 5.74) is 3.00. The Morgan fingerprint density at radius 2 is 1.91 bits per heavy atom. The van der Waals surface area contributed by atoms with Gasteiger partial charge in [0, 0.05) is 25.2 Å². The van der Waals surface area contributed by atoms with Crippen molar-refractivity contribution in [3.05, 3.63) is 59.7 Å². The van der Waals surface area contributed by atoms with E-state index in [0.717, 1.165) is 16.8 Å². The number of nitrogens with zero attached hydrogens (tertiary/aromatic N) is 3. The van der Waals surface area contributed by atoms with Gasteiger partial charge in [-0.2, -0.15) is 10.5 Å². The molecule has 1 aromatic carbocycles. The number of nitriles is 2. The molecule has 4 nitrogen and oxygen atoms in total. The van der Waals surface area contributed by atoms with Gasteiger partial charge in [0.05, 0.1) is 18.7 Å². The van der Waals surface area contributed by atoms with E-state index in [4.69, 9.17) is 15.6 Å². The molecule has 0 aliphatic heterocycles. The summed E-state index contributed by atoms with van der Waals surface area (Å²) < 4.78 is 0. The maximum Gasteiger partial charge on any atom is 0.143 e. The van der Waals surface area contributed by atoms with E-state index in [1.165, 1.54) is 0 Å². The number of allylic oxidation sites excluding steroid dienone is 5. The largest absolute Gasteiger partial charge is 0.395 e. The van der Waals surface area contributed by atoms with Crippen LogP contribution in [0.5, 0.6) is 0 Å². The molecule has 4 heteroatoms. The molecule has 0 bridgehead atoms. The van der Waals surface area contributed by atoms with Crippen molar-refractivity contribution in [1.82, 2.24) is 0 Å². The van der Waals surface area contributed by atoms with Crippen LogP contribution in [0.4, 0.5) is 5.69 Å². The van der Waals surface area contributed by atoms with Crippen molar-refractivity contribution >= 4 is 11.8 Å². The molecule has 0 heterocycles. The molecule has 1 atom stereocenters. The maximum atomic E-state index is 9.13. The van der Waals surface area contributed by atoms with Crippen LogP contribution in [-0.4, -0.2) is 25.3 Å². The van der Waals surface area contributed by atoms with Gasteiger partial charge in [-0.15, -0.1) is 0 Å². The van der Waals surface area contributed by atoms with Gasteiger partial charge in [0.25, 0.3) is 0 Å². The van der Waals surface area contributed by atoms with Crippen LogP contribution < -0.4 is 4.90 Å². The molecular formula is C19H19N3O. The monoisotopic (exact) mass is 305 g/mol. The molecule has 0 radical (unpaired) electrons. The van der Waals surface area contributed by atoms with Crippen LogP contribution in [0.1, 0.15) is 5.56 Å². The van der Waals surface area contributed by atoms with E-state index in [-0.39, 0.29) is 12.5 Å². The lowest BCUT2D eigenvalue weighted by atomic mass is 9.84. The van der Waals surface area contributed by atoms with Crippen molar-refractivity contribution in [3.63, 3.8) is 0 Å². The number of hydrogen-bond donors (Lipinski definition) is 1. The molecule has 0 fully saturated rings. The first-order valence-corrected chi connectivity index (χ1v) is 7.47. The predicted octanol–water partition coefficient (Wildman–Crippen LogP) is 2.90. The molecule has 1 aromatic rings. The lowest BCUT2D eigenvalue weighted by Crippen LogP contribution is -2.20. The summed E-state index contributed by atoms with van der Waals surface area (Å²) >= 11 is 0. The molecule has 0 amide bonds. The summed E-state index contributed by atoms with van der Waals surface area (Å²) in [5, 5.41) is 27.2. The summed E-state index contributed by atoms with van der Waals surface area (Å²) in [6.07, 6.45) is 9.63. The van der Waals surface area contributed by atoms with E-state index in [2.05, 4.69) is 12.1 Å². The molecule has 1 N–H and O–H groups in total. The van der Waals surface area contributed by atoms with Crippen molar-refractivity contribution in [2.75, 3.05) is 25.1 Å².